The predicted molar refractivity (Wildman–Crippen MR) is 107 cm³/mol. The Kier molecular flexibility index (Phi) is 4.51. The number of rotatable bonds is 5. The minimum Gasteiger partial charge on any atom is -0.487 e. The molecule has 1 saturated heterocycles. The van der Waals surface area contributed by atoms with Gasteiger partial charge in [0.25, 0.3) is 0 Å². The lowest BCUT2D eigenvalue weighted by atomic mass is 9.80. The van der Waals surface area contributed by atoms with E-state index in [0.29, 0.717) is 6.04 Å². The van der Waals surface area contributed by atoms with Gasteiger partial charge in [0.05, 0.1) is 0 Å². The highest BCUT2D eigenvalue weighted by atomic mass is 32.1. The molecule has 0 radical (unpaired) electrons. The average Bonchev–Trinajstić information content (AvgIpc) is 3.33. The van der Waals surface area contributed by atoms with Crippen LogP contribution in [0, 0.1) is 5.92 Å². The van der Waals surface area contributed by atoms with Crippen molar-refractivity contribution >= 4 is 11.3 Å². The molecule has 1 spiro atoms. The molecule has 1 atom stereocenters. The van der Waals surface area contributed by atoms with Crippen LogP contribution in [0.25, 0.3) is 0 Å². The highest BCUT2D eigenvalue weighted by Crippen LogP contribution is 2.44. The minimum absolute atomic E-state index is 0.0154. The van der Waals surface area contributed by atoms with Crippen molar-refractivity contribution in [1.29, 1.82) is 0 Å². The number of nitrogens with zero attached hydrogens (tertiary/aromatic N) is 1. The van der Waals surface area contributed by atoms with Crippen LogP contribution in [0.3, 0.4) is 0 Å². The zero-order valence-corrected chi connectivity index (χ0v) is 16.1. The maximum absolute atomic E-state index is 6.63. The van der Waals surface area contributed by atoms with E-state index in [-0.39, 0.29) is 5.60 Å². The minimum atomic E-state index is 0.0154. The van der Waals surface area contributed by atoms with Crippen LogP contribution < -0.4 is 10.1 Å². The summed E-state index contributed by atoms with van der Waals surface area (Å²) < 4.78 is 6.63. The predicted octanol–water partition coefficient (Wildman–Crippen LogP) is 4.61. The molecule has 138 valence electrons. The number of para-hydroxylation sites is 1. The summed E-state index contributed by atoms with van der Waals surface area (Å²) in [7, 11) is 0. The molecular weight excluding hydrogens is 340 g/mol. The molecule has 1 aliphatic carbocycles. The van der Waals surface area contributed by atoms with Gasteiger partial charge in [-0.25, -0.2) is 0 Å². The van der Waals surface area contributed by atoms with Crippen molar-refractivity contribution in [1.82, 2.24) is 10.2 Å². The Hall–Kier alpha value is -1.36. The van der Waals surface area contributed by atoms with Crippen LogP contribution in [0.15, 0.2) is 41.8 Å². The summed E-state index contributed by atoms with van der Waals surface area (Å²) in [6.45, 7) is 4.64. The second-order valence-corrected chi connectivity index (χ2v) is 9.32. The van der Waals surface area contributed by atoms with Crippen LogP contribution in [0.1, 0.15) is 48.6 Å². The lowest BCUT2D eigenvalue weighted by molar-refractivity contribution is -0.0262. The molecule has 0 amide bonds. The highest BCUT2D eigenvalue weighted by molar-refractivity contribution is 7.09. The normalized spacial score (nSPS) is 25.0. The van der Waals surface area contributed by atoms with Gasteiger partial charge in [0.1, 0.15) is 11.4 Å². The van der Waals surface area contributed by atoms with Crippen molar-refractivity contribution in [2.75, 3.05) is 19.6 Å². The molecule has 1 aromatic carbocycles. The second-order valence-electron chi connectivity index (χ2n) is 8.28. The van der Waals surface area contributed by atoms with Gasteiger partial charge < -0.3 is 15.0 Å². The maximum Gasteiger partial charge on any atom is 0.124 e. The fraction of sp³-hybridized carbons (Fsp3) is 0.545. The molecule has 2 aromatic rings. The first-order valence-corrected chi connectivity index (χ1v) is 10.9. The first kappa shape index (κ1) is 16.8. The van der Waals surface area contributed by atoms with Gasteiger partial charge in [-0.15, -0.1) is 11.3 Å². The first-order chi connectivity index (χ1) is 12.8. The van der Waals surface area contributed by atoms with Gasteiger partial charge in [-0.05, 0) is 49.1 Å². The summed E-state index contributed by atoms with van der Waals surface area (Å²) >= 11 is 1.83. The summed E-state index contributed by atoms with van der Waals surface area (Å²) in [6.07, 6.45) is 6.30. The molecule has 3 nitrogen and oxygen atoms in total. The third kappa shape index (κ3) is 3.55. The van der Waals surface area contributed by atoms with E-state index >= 15 is 0 Å². The van der Waals surface area contributed by atoms with Crippen LogP contribution in [-0.4, -0.2) is 30.1 Å². The summed E-state index contributed by atoms with van der Waals surface area (Å²) in [4.78, 5) is 4.07. The summed E-state index contributed by atoms with van der Waals surface area (Å²) in [6, 6.07) is 13.4. The van der Waals surface area contributed by atoms with Gasteiger partial charge in [0, 0.05) is 49.1 Å². The van der Waals surface area contributed by atoms with Crippen LogP contribution in [0.5, 0.6) is 5.75 Å². The summed E-state index contributed by atoms with van der Waals surface area (Å²) in [5.41, 5.74) is 1.34. The fourth-order valence-corrected chi connectivity index (χ4v) is 5.21. The van der Waals surface area contributed by atoms with Crippen LogP contribution >= 0.6 is 11.3 Å². The molecule has 1 unspecified atom stereocenters. The van der Waals surface area contributed by atoms with E-state index < -0.39 is 0 Å². The molecule has 3 heterocycles. The molecule has 26 heavy (non-hydrogen) atoms. The van der Waals surface area contributed by atoms with E-state index in [9.17, 15) is 0 Å². The molecule has 1 aromatic heterocycles. The number of benzene rings is 1. The molecule has 4 heteroatoms. The Morgan fingerprint density at radius 2 is 1.96 bits per heavy atom. The van der Waals surface area contributed by atoms with Crippen molar-refractivity contribution in [2.24, 2.45) is 5.92 Å². The third-order valence-corrected chi connectivity index (χ3v) is 7.16. The lowest BCUT2D eigenvalue weighted by Crippen LogP contribution is -2.52. The number of nitrogens with one attached hydrogen (secondary N) is 1. The topological polar surface area (TPSA) is 24.5 Å². The van der Waals surface area contributed by atoms with Gasteiger partial charge in [-0.1, -0.05) is 24.3 Å². The molecule has 2 aliphatic heterocycles. The first-order valence-electron chi connectivity index (χ1n) is 10.1. The maximum atomic E-state index is 6.63. The Morgan fingerprint density at radius 3 is 2.73 bits per heavy atom. The van der Waals surface area contributed by atoms with E-state index in [1.54, 1.807) is 0 Å². The van der Waals surface area contributed by atoms with Crippen LogP contribution in [-0.2, 0) is 6.54 Å². The van der Waals surface area contributed by atoms with Crippen molar-refractivity contribution in [2.45, 2.75) is 50.3 Å². The highest BCUT2D eigenvalue weighted by Gasteiger charge is 2.43. The molecular formula is C22H28N2OS. The number of likely N-dealkylation sites (tertiary alicyclic amines) is 1. The molecule has 5 rings (SSSR count). The number of ether oxygens (including phenoxy) is 1. The summed E-state index contributed by atoms with van der Waals surface area (Å²) in [5.74, 6) is 2.08. The quantitative estimate of drug-likeness (QED) is 0.834. The van der Waals surface area contributed by atoms with Crippen LogP contribution in [0.4, 0.5) is 0 Å². The van der Waals surface area contributed by atoms with E-state index in [1.807, 2.05) is 11.3 Å². The van der Waals surface area contributed by atoms with Crippen molar-refractivity contribution < 1.29 is 4.74 Å². The standard InChI is InChI=1S/C22H28N2OS/c1-2-6-21-19(5-1)20(23-15-18-4-3-13-26-18)14-22(25-21)9-11-24(12-10-22)16-17-7-8-17/h1-6,13,17,20,23H,7-12,14-16H2. The van der Waals surface area contributed by atoms with Gasteiger partial charge in [-0.3, -0.25) is 0 Å². The Balaban J connectivity index is 1.31. The summed E-state index contributed by atoms with van der Waals surface area (Å²) in [5, 5.41) is 5.98. The zero-order chi connectivity index (χ0) is 17.4. The number of hydrogen-bond donors (Lipinski definition) is 1. The molecule has 1 saturated carbocycles. The number of fused-ring (bicyclic) bond motifs is 1. The van der Waals surface area contributed by atoms with Crippen molar-refractivity contribution in [3.05, 3.63) is 52.2 Å². The Bertz CT molecular complexity index is 732. The average molecular weight is 369 g/mol. The van der Waals surface area contributed by atoms with Crippen molar-refractivity contribution in [3.63, 3.8) is 0 Å². The molecule has 3 aliphatic rings. The van der Waals surface area contributed by atoms with Crippen molar-refractivity contribution in [3.8, 4) is 5.75 Å². The SMILES string of the molecule is c1csc(CNC2CC3(CCN(CC4CC4)CC3)Oc3ccccc32)c1. The second kappa shape index (κ2) is 6.99. The monoisotopic (exact) mass is 368 g/mol. The zero-order valence-electron chi connectivity index (χ0n) is 15.3. The van der Waals surface area contributed by atoms with Gasteiger partial charge in [0.2, 0.25) is 0 Å². The third-order valence-electron chi connectivity index (χ3n) is 6.28. The number of piperidine rings is 1. The van der Waals surface area contributed by atoms with E-state index in [0.717, 1.165) is 37.5 Å². The number of thiophene rings is 1. The van der Waals surface area contributed by atoms with Gasteiger partial charge in [0.15, 0.2) is 0 Å². The largest absolute Gasteiger partial charge is 0.487 e. The fourth-order valence-electron chi connectivity index (χ4n) is 4.55. The van der Waals surface area contributed by atoms with Crippen LogP contribution in [0.2, 0.25) is 0 Å². The van der Waals surface area contributed by atoms with E-state index in [1.165, 1.54) is 42.9 Å². The number of hydrogen-bond acceptors (Lipinski definition) is 4. The molecule has 1 N–H and O–H groups in total. The van der Waals surface area contributed by atoms with E-state index in [2.05, 4.69) is 52.0 Å². The van der Waals surface area contributed by atoms with Gasteiger partial charge >= 0.3 is 0 Å². The van der Waals surface area contributed by atoms with Gasteiger partial charge in [-0.2, -0.15) is 0 Å². The Labute approximate surface area is 160 Å². The lowest BCUT2D eigenvalue weighted by Gasteiger charge is -2.47. The Morgan fingerprint density at radius 1 is 1.12 bits per heavy atom. The molecule has 0 bridgehead atoms. The molecule has 2 fully saturated rings. The smallest absolute Gasteiger partial charge is 0.124 e. The van der Waals surface area contributed by atoms with E-state index in [4.69, 9.17) is 4.74 Å².